The van der Waals surface area contributed by atoms with E-state index in [0.29, 0.717) is 0 Å². The van der Waals surface area contributed by atoms with Gasteiger partial charge in [0.2, 0.25) is 15.9 Å². The van der Waals surface area contributed by atoms with Crippen molar-refractivity contribution >= 4 is 15.9 Å². The van der Waals surface area contributed by atoms with Crippen LogP contribution in [0.5, 0.6) is 0 Å². The highest BCUT2D eigenvalue weighted by molar-refractivity contribution is 7.89. The molecule has 12 heavy (non-hydrogen) atoms. The van der Waals surface area contributed by atoms with E-state index in [1.807, 2.05) is 0 Å². The van der Waals surface area contributed by atoms with Crippen LogP contribution in [0.1, 0.15) is 6.42 Å². The number of carbonyl (C=O) groups is 1. The standard InChI is InChI=1S/C5H12N2O4S/c6-5(9)1-2-7-12(10,11)4-3-8/h7-8H,1-4H2,(H2,6,9). The van der Waals surface area contributed by atoms with Gasteiger partial charge >= 0.3 is 0 Å². The molecule has 4 N–H and O–H groups in total. The summed E-state index contributed by atoms with van der Waals surface area (Å²) in [5.74, 6) is -0.923. The first-order valence-corrected chi connectivity index (χ1v) is 4.99. The van der Waals surface area contributed by atoms with E-state index in [2.05, 4.69) is 4.72 Å². The van der Waals surface area contributed by atoms with E-state index >= 15 is 0 Å². The van der Waals surface area contributed by atoms with E-state index in [1.165, 1.54) is 0 Å². The average molecular weight is 196 g/mol. The molecular weight excluding hydrogens is 184 g/mol. The maximum absolute atomic E-state index is 10.8. The van der Waals surface area contributed by atoms with Crippen molar-refractivity contribution < 1.29 is 18.3 Å². The van der Waals surface area contributed by atoms with E-state index < -0.39 is 22.5 Å². The maximum Gasteiger partial charge on any atom is 0.218 e. The molecule has 0 bridgehead atoms. The van der Waals surface area contributed by atoms with E-state index in [0.717, 1.165) is 0 Å². The summed E-state index contributed by atoms with van der Waals surface area (Å²) in [6.45, 7) is -0.455. The Morgan fingerprint density at radius 3 is 2.50 bits per heavy atom. The Morgan fingerprint density at radius 1 is 1.50 bits per heavy atom. The summed E-state index contributed by atoms with van der Waals surface area (Å²) in [6, 6.07) is 0. The summed E-state index contributed by atoms with van der Waals surface area (Å²) in [6.07, 6.45) is -0.0370. The number of primary amides is 1. The molecule has 0 aliphatic carbocycles. The molecule has 0 unspecified atom stereocenters. The third-order valence-electron chi connectivity index (χ3n) is 1.05. The minimum Gasteiger partial charge on any atom is -0.395 e. The first kappa shape index (κ1) is 11.3. The zero-order valence-corrected chi connectivity index (χ0v) is 7.30. The molecule has 0 saturated carbocycles. The summed E-state index contributed by atoms with van der Waals surface area (Å²) >= 11 is 0. The molecule has 0 radical (unpaired) electrons. The first-order valence-electron chi connectivity index (χ1n) is 3.34. The Bertz CT molecular complexity index is 236. The highest BCUT2D eigenvalue weighted by Crippen LogP contribution is 1.83. The highest BCUT2D eigenvalue weighted by atomic mass is 32.2. The largest absolute Gasteiger partial charge is 0.395 e. The SMILES string of the molecule is NC(=O)CCNS(=O)(=O)CCO. The molecule has 0 aliphatic rings. The molecule has 1 amide bonds. The van der Waals surface area contributed by atoms with Crippen molar-refractivity contribution in [3.63, 3.8) is 0 Å². The molecule has 7 heteroatoms. The topological polar surface area (TPSA) is 109 Å². The Morgan fingerprint density at radius 2 is 2.08 bits per heavy atom. The Labute approximate surface area is 70.8 Å². The van der Waals surface area contributed by atoms with Gasteiger partial charge in [-0.1, -0.05) is 0 Å². The number of sulfonamides is 1. The fraction of sp³-hybridized carbons (Fsp3) is 0.800. The monoisotopic (exact) mass is 196 g/mol. The molecule has 0 aromatic heterocycles. The van der Waals surface area contributed by atoms with Crippen LogP contribution in [-0.2, 0) is 14.8 Å². The number of nitrogens with two attached hydrogens (primary N) is 1. The van der Waals surface area contributed by atoms with Crippen molar-refractivity contribution in [2.45, 2.75) is 6.42 Å². The van der Waals surface area contributed by atoms with Crippen LogP contribution in [0, 0.1) is 0 Å². The van der Waals surface area contributed by atoms with Crippen molar-refractivity contribution in [1.82, 2.24) is 4.72 Å². The number of hydrogen-bond acceptors (Lipinski definition) is 4. The Kier molecular flexibility index (Phi) is 4.79. The molecule has 0 rings (SSSR count). The number of rotatable bonds is 6. The zero-order chi connectivity index (χ0) is 9.61. The second kappa shape index (κ2) is 5.07. The van der Waals surface area contributed by atoms with Gasteiger partial charge in [0.25, 0.3) is 0 Å². The molecule has 0 aromatic carbocycles. The molecular formula is C5H12N2O4S. The first-order chi connectivity index (χ1) is 5.48. The second-order valence-electron chi connectivity index (χ2n) is 2.15. The van der Waals surface area contributed by atoms with Crippen LogP contribution in [0.15, 0.2) is 0 Å². The number of carbonyl (C=O) groups excluding carboxylic acids is 1. The van der Waals surface area contributed by atoms with Crippen molar-refractivity contribution in [2.24, 2.45) is 5.73 Å². The van der Waals surface area contributed by atoms with Crippen molar-refractivity contribution in [1.29, 1.82) is 0 Å². The molecule has 0 fully saturated rings. The number of nitrogens with one attached hydrogen (secondary N) is 1. The molecule has 0 saturated heterocycles. The molecule has 0 aliphatic heterocycles. The maximum atomic E-state index is 10.8. The summed E-state index contributed by atoms with van der Waals surface area (Å²) in [4.78, 5) is 10.2. The molecule has 0 atom stereocenters. The van der Waals surface area contributed by atoms with E-state index in [4.69, 9.17) is 10.8 Å². The summed E-state index contributed by atoms with van der Waals surface area (Å²) in [5, 5.41) is 8.30. The fourth-order valence-electron chi connectivity index (χ4n) is 0.522. The zero-order valence-electron chi connectivity index (χ0n) is 6.49. The smallest absolute Gasteiger partial charge is 0.218 e. The quantitative estimate of drug-likeness (QED) is 0.446. The van der Waals surface area contributed by atoms with E-state index in [-0.39, 0.29) is 18.7 Å². The number of aliphatic hydroxyl groups is 1. The Balaban J connectivity index is 3.69. The van der Waals surface area contributed by atoms with Gasteiger partial charge in [0.05, 0.1) is 12.4 Å². The van der Waals surface area contributed by atoms with Crippen LogP contribution in [0.4, 0.5) is 0 Å². The van der Waals surface area contributed by atoms with Gasteiger partial charge in [0, 0.05) is 13.0 Å². The molecule has 72 valence electrons. The number of hydrogen-bond donors (Lipinski definition) is 3. The van der Waals surface area contributed by atoms with E-state index in [1.54, 1.807) is 0 Å². The van der Waals surface area contributed by atoms with Crippen LogP contribution < -0.4 is 10.5 Å². The van der Waals surface area contributed by atoms with E-state index in [9.17, 15) is 13.2 Å². The highest BCUT2D eigenvalue weighted by Gasteiger charge is 2.07. The van der Waals surface area contributed by atoms with Crippen molar-refractivity contribution in [2.75, 3.05) is 18.9 Å². The van der Waals surface area contributed by atoms with Gasteiger partial charge in [-0.3, -0.25) is 4.79 Å². The van der Waals surface area contributed by atoms with Gasteiger partial charge in [-0.25, -0.2) is 13.1 Å². The fourth-order valence-corrected chi connectivity index (χ4v) is 1.32. The van der Waals surface area contributed by atoms with Crippen LogP contribution >= 0.6 is 0 Å². The lowest BCUT2D eigenvalue weighted by Gasteiger charge is -2.02. The third-order valence-corrected chi connectivity index (χ3v) is 2.42. The van der Waals surface area contributed by atoms with Crippen LogP contribution in [0.2, 0.25) is 0 Å². The van der Waals surface area contributed by atoms with Gasteiger partial charge < -0.3 is 10.8 Å². The lowest BCUT2D eigenvalue weighted by atomic mass is 10.4. The predicted octanol–water partition coefficient (Wildman–Crippen LogP) is -2.23. The van der Waals surface area contributed by atoms with Gasteiger partial charge in [-0.05, 0) is 0 Å². The second-order valence-corrected chi connectivity index (χ2v) is 4.08. The van der Waals surface area contributed by atoms with Crippen LogP contribution in [0.3, 0.4) is 0 Å². The van der Waals surface area contributed by atoms with Gasteiger partial charge in [-0.2, -0.15) is 0 Å². The van der Waals surface area contributed by atoms with Crippen molar-refractivity contribution in [3.8, 4) is 0 Å². The molecule has 6 nitrogen and oxygen atoms in total. The minimum atomic E-state index is -3.44. The summed E-state index contributed by atoms with van der Waals surface area (Å²) in [5.41, 5.74) is 4.77. The van der Waals surface area contributed by atoms with Gasteiger partial charge in [0.15, 0.2) is 0 Å². The number of amides is 1. The third kappa shape index (κ3) is 6.08. The van der Waals surface area contributed by atoms with Crippen LogP contribution in [-0.4, -0.2) is 38.3 Å². The van der Waals surface area contributed by atoms with Crippen molar-refractivity contribution in [3.05, 3.63) is 0 Å². The normalized spacial score (nSPS) is 11.4. The summed E-state index contributed by atoms with van der Waals surface area (Å²) < 4.78 is 23.7. The molecule has 0 spiro atoms. The summed E-state index contributed by atoms with van der Waals surface area (Å²) in [7, 11) is -3.44. The molecule has 0 heterocycles. The minimum absolute atomic E-state index is 0.0162. The molecule has 0 aromatic rings. The van der Waals surface area contributed by atoms with Crippen LogP contribution in [0.25, 0.3) is 0 Å². The lowest BCUT2D eigenvalue weighted by molar-refractivity contribution is -0.117. The lowest BCUT2D eigenvalue weighted by Crippen LogP contribution is -2.30. The average Bonchev–Trinajstić information content (AvgIpc) is 1.85. The van der Waals surface area contributed by atoms with Gasteiger partial charge in [-0.15, -0.1) is 0 Å². The Hall–Kier alpha value is -0.660. The predicted molar refractivity (Wildman–Crippen MR) is 42.7 cm³/mol. The number of aliphatic hydroxyl groups excluding tert-OH is 1. The van der Waals surface area contributed by atoms with Gasteiger partial charge in [0.1, 0.15) is 0 Å².